The first-order valence-corrected chi connectivity index (χ1v) is 7.45. The number of carbonyl (C=O) groups is 2. The van der Waals surface area contributed by atoms with Crippen molar-refractivity contribution in [2.24, 2.45) is 0 Å². The van der Waals surface area contributed by atoms with Gasteiger partial charge in [0.05, 0.1) is 6.54 Å². The zero-order valence-electron chi connectivity index (χ0n) is 11.7. The van der Waals surface area contributed by atoms with Crippen molar-refractivity contribution in [3.05, 3.63) is 4.88 Å². The molecule has 110 valence electrons. The quantitative estimate of drug-likeness (QED) is 0.825. The van der Waals surface area contributed by atoms with E-state index in [4.69, 9.17) is 5.73 Å². The second-order valence-electron chi connectivity index (χ2n) is 4.46. The third-order valence-electron chi connectivity index (χ3n) is 3.20. The molecule has 0 spiro atoms. The minimum Gasteiger partial charge on any atom is -0.382 e. The van der Waals surface area contributed by atoms with Crippen LogP contribution in [-0.4, -0.2) is 54.4 Å². The van der Waals surface area contributed by atoms with Crippen LogP contribution in [0.2, 0.25) is 0 Å². The highest BCUT2D eigenvalue weighted by Gasteiger charge is 2.26. The number of piperazine rings is 1. The molecule has 0 aliphatic carbocycles. The fourth-order valence-corrected chi connectivity index (χ4v) is 3.14. The number of hydrogen-bond donors (Lipinski definition) is 2. The van der Waals surface area contributed by atoms with Crippen molar-refractivity contribution in [2.45, 2.75) is 13.8 Å². The fraction of sp³-hybridized carbons (Fsp3) is 0.583. The Bertz CT molecular complexity index is 512. The molecular weight excluding hydrogens is 278 g/mol. The monoisotopic (exact) mass is 297 g/mol. The SMILES string of the molecule is CCN(CC)c1nc(N)c(C(=O)N2CCNC(=O)C2)s1. The van der Waals surface area contributed by atoms with Gasteiger partial charge < -0.3 is 20.9 Å². The van der Waals surface area contributed by atoms with Gasteiger partial charge in [0, 0.05) is 26.2 Å². The van der Waals surface area contributed by atoms with Crippen LogP contribution in [0.3, 0.4) is 0 Å². The molecule has 1 fully saturated rings. The van der Waals surface area contributed by atoms with Crippen molar-refractivity contribution in [3.8, 4) is 0 Å². The molecule has 0 unspecified atom stereocenters. The van der Waals surface area contributed by atoms with E-state index in [0.717, 1.165) is 18.2 Å². The van der Waals surface area contributed by atoms with Gasteiger partial charge in [0.1, 0.15) is 10.7 Å². The van der Waals surface area contributed by atoms with Gasteiger partial charge in [0.25, 0.3) is 5.91 Å². The van der Waals surface area contributed by atoms with E-state index in [0.29, 0.717) is 18.0 Å². The molecule has 1 aromatic rings. The molecule has 2 heterocycles. The number of aromatic nitrogens is 1. The van der Waals surface area contributed by atoms with Crippen LogP contribution in [0, 0.1) is 0 Å². The molecule has 8 heteroatoms. The average molecular weight is 297 g/mol. The van der Waals surface area contributed by atoms with Crippen molar-refractivity contribution in [1.82, 2.24) is 15.2 Å². The Labute approximate surface area is 121 Å². The molecule has 3 N–H and O–H groups in total. The van der Waals surface area contributed by atoms with Gasteiger partial charge in [-0.05, 0) is 13.8 Å². The number of thiazole rings is 1. The number of nitrogens with zero attached hydrogens (tertiary/aromatic N) is 3. The molecule has 1 aliphatic rings. The lowest BCUT2D eigenvalue weighted by Gasteiger charge is -2.26. The number of anilines is 2. The molecule has 0 aromatic carbocycles. The van der Waals surface area contributed by atoms with Gasteiger partial charge in [-0.3, -0.25) is 9.59 Å². The minimum absolute atomic E-state index is 0.0801. The predicted molar refractivity (Wildman–Crippen MR) is 79.0 cm³/mol. The number of nitrogens with two attached hydrogens (primary N) is 1. The molecule has 2 rings (SSSR count). The van der Waals surface area contributed by atoms with Gasteiger partial charge in [0.2, 0.25) is 5.91 Å². The highest BCUT2D eigenvalue weighted by Crippen LogP contribution is 2.29. The molecule has 20 heavy (non-hydrogen) atoms. The maximum absolute atomic E-state index is 12.4. The molecule has 1 aromatic heterocycles. The molecule has 0 bridgehead atoms. The molecule has 0 radical (unpaired) electrons. The zero-order chi connectivity index (χ0) is 14.7. The number of hydrogen-bond acceptors (Lipinski definition) is 6. The van der Waals surface area contributed by atoms with Crippen LogP contribution in [0.1, 0.15) is 23.5 Å². The standard InChI is InChI=1S/C12H19N5O2S/c1-3-16(4-2)12-15-10(13)9(20-12)11(19)17-6-5-14-8(18)7-17/h3-7,13H2,1-2H3,(H,14,18). The van der Waals surface area contributed by atoms with Gasteiger partial charge in [0.15, 0.2) is 5.13 Å². The molecule has 0 saturated carbocycles. The van der Waals surface area contributed by atoms with Crippen LogP contribution in [0.25, 0.3) is 0 Å². The van der Waals surface area contributed by atoms with E-state index in [9.17, 15) is 9.59 Å². The van der Waals surface area contributed by atoms with Crippen molar-refractivity contribution in [2.75, 3.05) is 43.4 Å². The zero-order valence-corrected chi connectivity index (χ0v) is 12.5. The number of nitrogen functional groups attached to an aromatic ring is 1. The Kier molecular flexibility index (Phi) is 4.43. The van der Waals surface area contributed by atoms with E-state index in [1.807, 2.05) is 18.7 Å². The van der Waals surface area contributed by atoms with Gasteiger partial charge in [-0.2, -0.15) is 0 Å². The summed E-state index contributed by atoms with van der Waals surface area (Å²) in [6.07, 6.45) is 0. The maximum Gasteiger partial charge on any atom is 0.268 e. The summed E-state index contributed by atoms with van der Waals surface area (Å²) in [6.45, 7) is 6.73. The van der Waals surface area contributed by atoms with Crippen LogP contribution in [0.15, 0.2) is 0 Å². The van der Waals surface area contributed by atoms with E-state index in [1.54, 1.807) is 0 Å². The normalized spacial score (nSPS) is 15.1. The van der Waals surface area contributed by atoms with Gasteiger partial charge in [-0.15, -0.1) is 0 Å². The summed E-state index contributed by atoms with van der Waals surface area (Å²) in [4.78, 5) is 32.0. The van der Waals surface area contributed by atoms with Gasteiger partial charge in [-0.1, -0.05) is 11.3 Å². The average Bonchev–Trinajstić information content (AvgIpc) is 2.81. The van der Waals surface area contributed by atoms with Crippen LogP contribution < -0.4 is 16.0 Å². The lowest BCUT2D eigenvalue weighted by atomic mass is 10.3. The highest BCUT2D eigenvalue weighted by atomic mass is 32.1. The van der Waals surface area contributed by atoms with E-state index in [1.165, 1.54) is 16.2 Å². The Balaban J connectivity index is 2.19. The minimum atomic E-state index is -0.215. The molecule has 7 nitrogen and oxygen atoms in total. The Hall–Kier alpha value is -1.83. The summed E-state index contributed by atoms with van der Waals surface area (Å²) >= 11 is 1.29. The van der Waals surface area contributed by atoms with Crippen molar-refractivity contribution >= 4 is 34.1 Å². The van der Waals surface area contributed by atoms with Crippen LogP contribution in [-0.2, 0) is 4.79 Å². The topological polar surface area (TPSA) is 91.6 Å². The molecule has 2 amide bonds. The van der Waals surface area contributed by atoms with Crippen molar-refractivity contribution < 1.29 is 9.59 Å². The summed E-state index contributed by atoms with van der Waals surface area (Å²) in [6, 6.07) is 0. The van der Waals surface area contributed by atoms with E-state index in [2.05, 4.69) is 10.3 Å². The molecule has 1 saturated heterocycles. The lowest BCUT2D eigenvalue weighted by molar-refractivity contribution is -0.123. The molecule has 0 atom stereocenters. The number of amides is 2. The summed E-state index contributed by atoms with van der Waals surface area (Å²) in [5.41, 5.74) is 5.86. The fourth-order valence-electron chi connectivity index (χ4n) is 2.06. The second kappa shape index (κ2) is 6.08. The van der Waals surface area contributed by atoms with E-state index in [-0.39, 0.29) is 24.2 Å². The first-order chi connectivity index (χ1) is 9.56. The Morgan fingerprint density at radius 2 is 2.20 bits per heavy atom. The number of carbonyl (C=O) groups excluding carboxylic acids is 2. The van der Waals surface area contributed by atoms with Crippen LogP contribution >= 0.6 is 11.3 Å². The largest absolute Gasteiger partial charge is 0.382 e. The van der Waals surface area contributed by atoms with Gasteiger partial charge in [-0.25, -0.2) is 4.98 Å². The first-order valence-electron chi connectivity index (χ1n) is 6.64. The first kappa shape index (κ1) is 14.6. The predicted octanol–water partition coefficient (Wildman–Crippen LogP) is 0.144. The Morgan fingerprint density at radius 1 is 1.50 bits per heavy atom. The second-order valence-corrected chi connectivity index (χ2v) is 5.44. The summed E-state index contributed by atoms with van der Waals surface area (Å²) < 4.78 is 0. The third kappa shape index (κ3) is 2.84. The van der Waals surface area contributed by atoms with Crippen LogP contribution in [0.5, 0.6) is 0 Å². The molecule has 1 aliphatic heterocycles. The summed E-state index contributed by atoms with van der Waals surface area (Å²) in [5.74, 6) is -0.113. The summed E-state index contributed by atoms with van der Waals surface area (Å²) in [5, 5.41) is 3.44. The summed E-state index contributed by atoms with van der Waals surface area (Å²) in [7, 11) is 0. The smallest absolute Gasteiger partial charge is 0.268 e. The van der Waals surface area contributed by atoms with Gasteiger partial charge >= 0.3 is 0 Å². The van der Waals surface area contributed by atoms with E-state index < -0.39 is 0 Å². The highest BCUT2D eigenvalue weighted by molar-refractivity contribution is 7.18. The lowest BCUT2D eigenvalue weighted by Crippen LogP contribution is -2.49. The number of rotatable bonds is 4. The van der Waals surface area contributed by atoms with Crippen molar-refractivity contribution in [1.29, 1.82) is 0 Å². The van der Waals surface area contributed by atoms with Crippen molar-refractivity contribution in [3.63, 3.8) is 0 Å². The Morgan fingerprint density at radius 3 is 2.80 bits per heavy atom. The molecular formula is C12H19N5O2S. The third-order valence-corrected chi connectivity index (χ3v) is 4.32. The van der Waals surface area contributed by atoms with E-state index >= 15 is 0 Å². The number of nitrogens with one attached hydrogen (secondary N) is 1. The van der Waals surface area contributed by atoms with Crippen LogP contribution in [0.4, 0.5) is 10.9 Å². The maximum atomic E-state index is 12.4.